The SMILES string of the molecule is CC(C)(C)OC=[Se]. The van der Waals surface area contributed by atoms with Crippen LogP contribution < -0.4 is 0 Å². The van der Waals surface area contributed by atoms with Crippen LogP contribution in [0.4, 0.5) is 0 Å². The molecule has 0 fully saturated rings. The van der Waals surface area contributed by atoms with E-state index in [1.165, 1.54) is 0 Å². The van der Waals surface area contributed by atoms with Crippen LogP contribution in [0.2, 0.25) is 0 Å². The van der Waals surface area contributed by atoms with Crippen LogP contribution in [0.3, 0.4) is 0 Å². The van der Waals surface area contributed by atoms with Crippen LogP contribution in [0.1, 0.15) is 20.8 Å². The van der Waals surface area contributed by atoms with Gasteiger partial charge in [-0.1, -0.05) is 0 Å². The third-order valence-electron chi connectivity index (χ3n) is 0.402. The molecule has 0 rings (SSSR count). The molecule has 7 heavy (non-hydrogen) atoms. The predicted molar refractivity (Wildman–Crippen MR) is 32.7 cm³/mol. The van der Waals surface area contributed by atoms with E-state index in [4.69, 9.17) is 4.74 Å². The molecule has 0 aromatic heterocycles. The molecule has 0 aliphatic heterocycles. The summed E-state index contributed by atoms with van der Waals surface area (Å²) in [5, 5.41) is 1.58. The molecule has 0 amide bonds. The molecule has 1 nitrogen and oxygen atoms in total. The number of ether oxygens (including phenoxy) is 1. The van der Waals surface area contributed by atoms with Gasteiger partial charge in [0.15, 0.2) is 0 Å². The van der Waals surface area contributed by atoms with Crippen molar-refractivity contribution in [1.29, 1.82) is 0 Å². The summed E-state index contributed by atoms with van der Waals surface area (Å²) in [6.45, 7) is 6.00. The first-order valence-corrected chi connectivity index (χ1v) is 3.16. The van der Waals surface area contributed by atoms with E-state index in [1.54, 1.807) is 5.11 Å². The maximum atomic E-state index is 5.05. The van der Waals surface area contributed by atoms with Gasteiger partial charge in [-0.15, -0.1) is 0 Å². The Bertz CT molecular complexity index is 63.0. The van der Waals surface area contributed by atoms with Gasteiger partial charge in [-0.25, -0.2) is 0 Å². The van der Waals surface area contributed by atoms with Crippen molar-refractivity contribution in [2.75, 3.05) is 0 Å². The second-order valence-electron chi connectivity index (χ2n) is 2.33. The molecule has 0 aliphatic rings. The summed E-state index contributed by atoms with van der Waals surface area (Å²) < 4.78 is 5.05. The van der Waals surface area contributed by atoms with Gasteiger partial charge in [0.2, 0.25) is 0 Å². The minimum absolute atomic E-state index is 0.0365. The molecule has 0 atom stereocenters. The molecule has 0 saturated heterocycles. The molecule has 0 radical (unpaired) electrons. The number of hydrogen-bond donors (Lipinski definition) is 0. The maximum absolute atomic E-state index is 5.05. The summed E-state index contributed by atoms with van der Waals surface area (Å²) in [6, 6.07) is 0. The van der Waals surface area contributed by atoms with E-state index in [2.05, 4.69) is 15.6 Å². The summed E-state index contributed by atoms with van der Waals surface area (Å²) in [5.41, 5.74) is -0.0365. The van der Waals surface area contributed by atoms with Crippen molar-refractivity contribution in [3.63, 3.8) is 0 Å². The molecular formula is C5H10OSe. The van der Waals surface area contributed by atoms with Crippen molar-refractivity contribution in [2.45, 2.75) is 26.4 Å². The van der Waals surface area contributed by atoms with Crippen LogP contribution in [-0.4, -0.2) is 26.3 Å². The van der Waals surface area contributed by atoms with Crippen LogP contribution in [0.15, 0.2) is 0 Å². The fourth-order valence-corrected chi connectivity index (χ4v) is 0.750. The van der Waals surface area contributed by atoms with E-state index >= 15 is 0 Å². The minimum atomic E-state index is -0.0365. The molecule has 0 spiro atoms. The second kappa shape index (κ2) is 2.49. The van der Waals surface area contributed by atoms with Crippen LogP contribution in [-0.2, 0) is 4.74 Å². The Morgan fingerprint density at radius 3 is 1.86 bits per heavy atom. The Kier molecular flexibility index (Phi) is 2.55. The zero-order valence-corrected chi connectivity index (χ0v) is 6.61. The second-order valence-corrected chi connectivity index (χ2v) is 2.73. The van der Waals surface area contributed by atoms with Crippen LogP contribution in [0, 0.1) is 0 Å². The monoisotopic (exact) mass is 166 g/mol. The molecule has 0 heterocycles. The number of hydrogen-bond acceptors (Lipinski definition) is 1. The fourth-order valence-electron chi connectivity index (χ4n) is 0.144. The summed E-state index contributed by atoms with van der Waals surface area (Å²) in [4.78, 5) is 0. The molecule has 2 heteroatoms. The van der Waals surface area contributed by atoms with Gasteiger partial charge in [0, 0.05) is 0 Å². The summed E-state index contributed by atoms with van der Waals surface area (Å²) in [7, 11) is 0. The first-order chi connectivity index (χ1) is 3.06. The van der Waals surface area contributed by atoms with E-state index < -0.39 is 0 Å². The third-order valence-corrected chi connectivity index (χ3v) is 0.604. The first kappa shape index (κ1) is 7.19. The molecular weight excluding hydrogens is 155 g/mol. The van der Waals surface area contributed by atoms with E-state index in [9.17, 15) is 0 Å². The Balaban J connectivity index is 3.34. The Morgan fingerprint density at radius 1 is 1.43 bits per heavy atom. The van der Waals surface area contributed by atoms with Gasteiger partial charge in [0.05, 0.1) is 0 Å². The van der Waals surface area contributed by atoms with Gasteiger partial charge < -0.3 is 0 Å². The van der Waals surface area contributed by atoms with Gasteiger partial charge in [0.25, 0.3) is 0 Å². The molecule has 0 unspecified atom stereocenters. The normalized spacial score (nSPS) is 10.7. The molecule has 0 saturated carbocycles. The standard InChI is InChI=1S/C5H10OSe/c1-5(2,3)6-4-7/h4H,1-3H3. The van der Waals surface area contributed by atoms with Crippen LogP contribution in [0.25, 0.3) is 0 Å². The van der Waals surface area contributed by atoms with Crippen LogP contribution >= 0.6 is 0 Å². The van der Waals surface area contributed by atoms with Crippen molar-refractivity contribution in [3.8, 4) is 0 Å². The molecule has 0 N–H and O–H groups in total. The zero-order valence-electron chi connectivity index (χ0n) is 4.89. The summed E-state index contributed by atoms with van der Waals surface area (Å²) in [6.07, 6.45) is 0. The average molecular weight is 165 g/mol. The Labute approximate surface area is 52.4 Å². The first-order valence-electron chi connectivity index (χ1n) is 2.18. The summed E-state index contributed by atoms with van der Waals surface area (Å²) >= 11 is 2.65. The summed E-state index contributed by atoms with van der Waals surface area (Å²) in [5.74, 6) is 0. The quantitative estimate of drug-likeness (QED) is 0.520. The average Bonchev–Trinajstić information content (AvgIpc) is 1.30. The van der Waals surface area contributed by atoms with E-state index in [0.717, 1.165) is 0 Å². The van der Waals surface area contributed by atoms with Crippen molar-refractivity contribution in [3.05, 3.63) is 0 Å². The van der Waals surface area contributed by atoms with E-state index in [-0.39, 0.29) is 5.60 Å². The fraction of sp³-hybridized carbons (Fsp3) is 0.800. The van der Waals surface area contributed by atoms with Gasteiger partial charge in [0.1, 0.15) is 0 Å². The Morgan fingerprint density at radius 2 is 1.86 bits per heavy atom. The van der Waals surface area contributed by atoms with Gasteiger partial charge in [-0.05, 0) is 0 Å². The van der Waals surface area contributed by atoms with Crippen molar-refractivity contribution in [1.82, 2.24) is 0 Å². The molecule has 42 valence electrons. The van der Waals surface area contributed by atoms with Gasteiger partial charge in [-0.2, -0.15) is 0 Å². The Hall–Kier alpha value is 0.189. The molecule has 0 bridgehead atoms. The van der Waals surface area contributed by atoms with E-state index in [1.807, 2.05) is 20.8 Å². The predicted octanol–water partition coefficient (Wildman–Crippen LogP) is 0.730. The van der Waals surface area contributed by atoms with Gasteiger partial charge >= 0.3 is 51.8 Å². The zero-order chi connectivity index (χ0) is 5.91. The molecule has 0 aromatic rings. The molecule has 0 aliphatic carbocycles. The van der Waals surface area contributed by atoms with Crippen molar-refractivity contribution < 1.29 is 4.74 Å². The van der Waals surface area contributed by atoms with Gasteiger partial charge in [-0.3, -0.25) is 0 Å². The number of rotatable bonds is 1. The topological polar surface area (TPSA) is 9.23 Å². The van der Waals surface area contributed by atoms with E-state index in [0.29, 0.717) is 0 Å². The third kappa shape index (κ3) is 6.19. The van der Waals surface area contributed by atoms with Crippen LogP contribution in [0.5, 0.6) is 0 Å². The van der Waals surface area contributed by atoms with Crippen molar-refractivity contribution in [2.24, 2.45) is 0 Å². The van der Waals surface area contributed by atoms with Crippen molar-refractivity contribution >= 4 is 20.7 Å². The molecule has 0 aromatic carbocycles.